The lowest BCUT2D eigenvalue weighted by molar-refractivity contribution is -0.385. The minimum Gasteiger partial charge on any atom is -0.369 e. The van der Waals surface area contributed by atoms with Gasteiger partial charge >= 0.3 is 0 Å². The highest BCUT2D eigenvalue weighted by atomic mass is 35.5. The van der Waals surface area contributed by atoms with Gasteiger partial charge in [0.15, 0.2) is 0 Å². The number of halogens is 1. The number of nitrogens with zero attached hydrogens (tertiary/aromatic N) is 3. The molecule has 2 aromatic carbocycles. The molecule has 0 aliphatic carbocycles. The first-order valence-corrected chi connectivity index (χ1v) is 8.92. The minimum absolute atomic E-state index is 0.0666. The lowest BCUT2D eigenvalue weighted by Crippen LogP contribution is -2.21. The van der Waals surface area contributed by atoms with Crippen molar-refractivity contribution in [2.75, 3.05) is 0 Å². The number of nitro groups is 1. The summed E-state index contributed by atoms with van der Waals surface area (Å²) in [7, 11) is -4.02. The largest absolute Gasteiger partial charge is 0.369 e. The van der Waals surface area contributed by atoms with Crippen molar-refractivity contribution in [3.05, 3.63) is 68.7 Å². The van der Waals surface area contributed by atoms with Gasteiger partial charge in [0.1, 0.15) is 0 Å². The van der Waals surface area contributed by atoms with Gasteiger partial charge in [-0.05, 0) is 31.2 Å². The van der Waals surface area contributed by atoms with E-state index in [-0.39, 0.29) is 22.1 Å². The molecular formula is C15H16ClN5O5S. The fourth-order valence-electron chi connectivity index (χ4n) is 1.66. The molecule has 0 saturated heterocycles. The van der Waals surface area contributed by atoms with Crippen molar-refractivity contribution in [1.29, 1.82) is 0 Å². The quantitative estimate of drug-likeness (QED) is 0.226. The molecule has 27 heavy (non-hydrogen) atoms. The van der Waals surface area contributed by atoms with Crippen LogP contribution in [0.1, 0.15) is 11.1 Å². The third-order valence-electron chi connectivity index (χ3n) is 2.88. The second-order valence-corrected chi connectivity index (χ2v) is 6.88. The highest BCUT2D eigenvalue weighted by Gasteiger charge is 2.11. The van der Waals surface area contributed by atoms with Crippen molar-refractivity contribution in [3.8, 4) is 0 Å². The van der Waals surface area contributed by atoms with Gasteiger partial charge in [0.05, 0.1) is 21.6 Å². The Morgan fingerprint density at radius 1 is 1.22 bits per heavy atom. The van der Waals surface area contributed by atoms with Crippen molar-refractivity contribution >= 4 is 39.6 Å². The molecule has 0 unspecified atom stereocenters. The van der Waals surface area contributed by atoms with Crippen LogP contribution in [0.2, 0.25) is 5.02 Å². The van der Waals surface area contributed by atoms with Gasteiger partial charge in [-0.1, -0.05) is 29.3 Å². The zero-order valence-corrected chi connectivity index (χ0v) is 15.6. The summed E-state index contributed by atoms with van der Waals surface area (Å²) < 4.78 is 29.6. The molecule has 0 aliphatic heterocycles. The molecule has 144 valence electrons. The normalized spacial score (nSPS) is 10.8. The number of nitrogens with two attached hydrogens (primary N) is 2. The van der Waals surface area contributed by atoms with E-state index in [1.54, 1.807) is 12.1 Å². The first-order valence-electron chi connectivity index (χ1n) is 7.11. The molecule has 0 aromatic heterocycles. The van der Waals surface area contributed by atoms with Gasteiger partial charge in [-0.25, -0.2) is 0 Å². The van der Waals surface area contributed by atoms with Crippen LogP contribution in [-0.4, -0.2) is 30.1 Å². The molecule has 0 aliphatic rings. The van der Waals surface area contributed by atoms with Crippen LogP contribution in [0.4, 0.5) is 5.69 Å². The van der Waals surface area contributed by atoms with Crippen LogP contribution in [-0.2, 0) is 10.1 Å². The van der Waals surface area contributed by atoms with Crippen LogP contribution >= 0.6 is 11.6 Å². The van der Waals surface area contributed by atoms with Gasteiger partial charge in [0.2, 0.25) is 5.96 Å². The maximum atomic E-state index is 10.6. The molecule has 0 amide bonds. The summed E-state index contributed by atoms with van der Waals surface area (Å²) in [6.45, 7) is 1.84. The zero-order valence-electron chi connectivity index (χ0n) is 14.0. The summed E-state index contributed by atoms with van der Waals surface area (Å²) in [5.74, 6) is -0.235. The van der Waals surface area contributed by atoms with E-state index in [4.69, 9.17) is 27.6 Å². The Morgan fingerprint density at radius 2 is 1.81 bits per heavy atom. The minimum atomic E-state index is -4.02. The van der Waals surface area contributed by atoms with E-state index in [1.807, 2.05) is 6.92 Å². The SMILES string of the molecule is Cc1ccc(S(=O)(=O)O)cc1.NC(N)=NN=Cc1cc(Cl)ccc1[N+](=O)[O-]. The Bertz CT molecular complexity index is 971. The Balaban J connectivity index is 0.000000289. The smallest absolute Gasteiger partial charge is 0.294 e. The molecular weight excluding hydrogens is 398 g/mol. The molecule has 0 spiro atoms. The molecule has 0 heterocycles. The van der Waals surface area contributed by atoms with Crippen LogP contribution in [0.25, 0.3) is 0 Å². The van der Waals surface area contributed by atoms with Crippen molar-refractivity contribution in [2.45, 2.75) is 11.8 Å². The number of rotatable bonds is 4. The first-order chi connectivity index (χ1) is 12.5. The zero-order chi connectivity index (χ0) is 20.6. The molecule has 0 saturated carbocycles. The average Bonchev–Trinajstić information content (AvgIpc) is 2.54. The van der Waals surface area contributed by atoms with E-state index in [2.05, 4.69) is 10.2 Å². The maximum Gasteiger partial charge on any atom is 0.294 e. The molecule has 0 radical (unpaired) electrons. The van der Waals surface area contributed by atoms with E-state index < -0.39 is 15.0 Å². The fourth-order valence-corrected chi connectivity index (χ4v) is 2.32. The summed E-state index contributed by atoms with van der Waals surface area (Å²) in [5.41, 5.74) is 11.1. The first kappa shape index (κ1) is 22.0. The van der Waals surface area contributed by atoms with Gasteiger partial charge < -0.3 is 11.5 Å². The van der Waals surface area contributed by atoms with Crippen LogP contribution in [0.5, 0.6) is 0 Å². The van der Waals surface area contributed by atoms with E-state index in [9.17, 15) is 18.5 Å². The van der Waals surface area contributed by atoms with Gasteiger partial charge in [-0.15, -0.1) is 5.10 Å². The number of benzene rings is 2. The van der Waals surface area contributed by atoms with Crippen molar-refractivity contribution in [2.24, 2.45) is 21.7 Å². The summed E-state index contributed by atoms with van der Waals surface area (Å²) >= 11 is 5.69. The molecule has 0 atom stereocenters. The van der Waals surface area contributed by atoms with Crippen molar-refractivity contribution in [3.63, 3.8) is 0 Å². The molecule has 0 bridgehead atoms. The van der Waals surface area contributed by atoms with E-state index in [0.29, 0.717) is 5.02 Å². The van der Waals surface area contributed by atoms with E-state index in [0.717, 1.165) is 11.8 Å². The number of guanidine groups is 1. The number of aryl methyl sites for hydroxylation is 1. The number of nitro benzene ring substituents is 1. The van der Waals surface area contributed by atoms with Crippen LogP contribution in [0, 0.1) is 17.0 Å². The van der Waals surface area contributed by atoms with Gasteiger partial charge in [-0.3, -0.25) is 14.7 Å². The van der Waals surface area contributed by atoms with Crippen molar-refractivity contribution in [1.82, 2.24) is 0 Å². The standard InChI is InChI=1S/C8H8ClN5O2.C7H8O3S/c9-6-1-2-7(14(15)16)5(3-6)4-12-13-8(10)11;1-6-2-4-7(5-3-6)11(8,9)10/h1-4H,(H4,10,11,13);2-5H,1H3,(H,8,9,10). The summed E-state index contributed by atoms with van der Waals surface area (Å²) in [4.78, 5) is 10.0. The third-order valence-corrected chi connectivity index (χ3v) is 3.98. The summed E-state index contributed by atoms with van der Waals surface area (Å²) in [6.07, 6.45) is 1.16. The lowest BCUT2D eigenvalue weighted by Gasteiger charge is -1.96. The summed E-state index contributed by atoms with van der Waals surface area (Å²) in [6, 6.07) is 10.1. The van der Waals surface area contributed by atoms with Gasteiger partial charge in [0, 0.05) is 11.1 Å². The van der Waals surface area contributed by atoms with Gasteiger partial charge in [-0.2, -0.15) is 13.5 Å². The molecule has 12 heteroatoms. The maximum absolute atomic E-state index is 10.6. The number of hydrogen-bond donors (Lipinski definition) is 3. The Morgan fingerprint density at radius 3 is 2.30 bits per heavy atom. The second kappa shape index (κ2) is 9.62. The number of hydrogen-bond acceptors (Lipinski definition) is 6. The van der Waals surface area contributed by atoms with Crippen LogP contribution < -0.4 is 11.5 Å². The molecule has 2 aromatic rings. The monoisotopic (exact) mass is 413 g/mol. The molecule has 0 fully saturated rings. The lowest BCUT2D eigenvalue weighted by atomic mass is 10.2. The Hall–Kier alpha value is -3.02. The van der Waals surface area contributed by atoms with Gasteiger partial charge in [0.25, 0.3) is 15.8 Å². The van der Waals surface area contributed by atoms with E-state index in [1.165, 1.54) is 30.3 Å². The predicted octanol–water partition coefficient (Wildman–Crippen LogP) is 2.10. The molecule has 10 nitrogen and oxygen atoms in total. The van der Waals surface area contributed by atoms with Crippen LogP contribution in [0.15, 0.2) is 57.6 Å². The Kier molecular flexibility index (Phi) is 7.84. The Labute approximate surface area is 160 Å². The topological polar surface area (TPSA) is 174 Å². The van der Waals surface area contributed by atoms with Crippen molar-refractivity contribution < 1.29 is 17.9 Å². The highest BCUT2D eigenvalue weighted by Crippen LogP contribution is 2.21. The predicted molar refractivity (Wildman–Crippen MR) is 103 cm³/mol. The molecule has 5 N–H and O–H groups in total. The second-order valence-electron chi connectivity index (χ2n) is 5.02. The highest BCUT2D eigenvalue weighted by molar-refractivity contribution is 7.85. The average molecular weight is 414 g/mol. The summed E-state index contributed by atoms with van der Waals surface area (Å²) in [5, 5.41) is 17.8. The fraction of sp³-hybridized carbons (Fsp3) is 0.0667. The molecule has 2 rings (SSSR count). The third kappa shape index (κ3) is 7.81. The van der Waals surface area contributed by atoms with E-state index >= 15 is 0 Å². The van der Waals surface area contributed by atoms with Crippen LogP contribution in [0.3, 0.4) is 0 Å².